The molecule has 0 saturated carbocycles. The number of hydrogen-bond donors (Lipinski definition) is 1. The summed E-state index contributed by atoms with van der Waals surface area (Å²) in [5.41, 5.74) is 7.54. The van der Waals surface area contributed by atoms with Crippen molar-refractivity contribution in [3.63, 3.8) is 0 Å². The van der Waals surface area contributed by atoms with Gasteiger partial charge in [0.15, 0.2) is 22.7 Å². The van der Waals surface area contributed by atoms with E-state index in [2.05, 4.69) is 10.1 Å². The second-order valence-electron chi connectivity index (χ2n) is 5.39. The number of hydrogen-bond acceptors (Lipinski definition) is 6. The van der Waals surface area contributed by atoms with E-state index in [1.54, 1.807) is 0 Å². The molecule has 4 rings (SSSR count). The predicted molar refractivity (Wildman–Crippen MR) is 88.8 cm³/mol. The fourth-order valence-electron chi connectivity index (χ4n) is 2.60. The molecule has 0 fully saturated rings. The summed E-state index contributed by atoms with van der Waals surface area (Å²) >= 11 is 1.45. The molecule has 0 aliphatic carbocycles. The average molecular weight is 328 g/mol. The summed E-state index contributed by atoms with van der Waals surface area (Å²) in [4.78, 5) is 5.25. The van der Waals surface area contributed by atoms with E-state index in [1.165, 1.54) is 11.3 Å². The summed E-state index contributed by atoms with van der Waals surface area (Å²) in [6.07, 6.45) is 1.87. The summed E-state index contributed by atoms with van der Waals surface area (Å²) in [5.74, 6) is 1.57. The summed E-state index contributed by atoms with van der Waals surface area (Å²) < 4.78 is 13.6. The van der Waals surface area contributed by atoms with Gasteiger partial charge in [-0.05, 0) is 25.1 Å². The number of benzene rings is 1. The maximum atomic E-state index is 5.96. The Hall–Kier alpha value is -2.54. The number of nitrogen functional groups attached to an aromatic ring is 1. The summed E-state index contributed by atoms with van der Waals surface area (Å²) in [6, 6.07) is 9.67. The topological polar surface area (TPSA) is 75.2 Å². The third kappa shape index (κ3) is 2.75. The molecule has 23 heavy (non-hydrogen) atoms. The average Bonchev–Trinajstić information content (AvgIpc) is 3.13. The van der Waals surface area contributed by atoms with Crippen molar-refractivity contribution >= 4 is 16.5 Å². The molecule has 0 saturated heterocycles. The zero-order chi connectivity index (χ0) is 15.8. The number of para-hydroxylation sites is 2. The predicted octanol–water partition coefficient (Wildman–Crippen LogP) is 2.74. The molecule has 2 N–H and O–H groups in total. The molecule has 1 aliphatic rings. The first-order chi connectivity index (χ1) is 11.2. The molecule has 0 amide bonds. The highest BCUT2D eigenvalue weighted by atomic mass is 32.1. The second-order valence-corrected chi connectivity index (χ2v) is 6.42. The molecular weight excluding hydrogens is 312 g/mol. The molecule has 0 radical (unpaired) electrons. The minimum atomic E-state index is -0.0646. The van der Waals surface area contributed by atoms with Gasteiger partial charge in [0.25, 0.3) is 0 Å². The number of rotatable bonds is 3. The second kappa shape index (κ2) is 5.58. The van der Waals surface area contributed by atoms with E-state index < -0.39 is 0 Å². The van der Waals surface area contributed by atoms with Crippen LogP contribution in [0.2, 0.25) is 0 Å². The van der Waals surface area contributed by atoms with Crippen molar-refractivity contribution in [1.82, 2.24) is 14.8 Å². The van der Waals surface area contributed by atoms with Crippen LogP contribution in [0.4, 0.5) is 5.13 Å². The molecule has 0 unspecified atom stereocenters. The van der Waals surface area contributed by atoms with E-state index >= 15 is 0 Å². The van der Waals surface area contributed by atoms with Crippen molar-refractivity contribution in [2.75, 3.05) is 12.3 Å². The molecular formula is C16H16N4O2S. The molecule has 0 spiro atoms. The highest BCUT2D eigenvalue weighted by molar-refractivity contribution is 7.18. The smallest absolute Gasteiger partial charge is 0.180 e. The van der Waals surface area contributed by atoms with E-state index in [4.69, 9.17) is 15.2 Å². The van der Waals surface area contributed by atoms with E-state index in [-0.39, 0.29) is 6.10 Å². The highest BCUT2D eigenvalue weighted by Crippen LogP contribution is 2.32. The first-order valence-corrected chi connectivity index (χ1v) is 8.16. The molecule has 1 atom stereocenters. The molecule has 0 bridgehead atoms. The minimum Gasteiger partial charge on any atom is -0.486 e. The normalized spacial score (nSPS) is 16.5. The van der Waals surface area contributed by atoms with Crippen LogP contribution in [0.3, 0.4) is 0 Å². The number of nitrogens with two attached hydrogens (primary N) is 1. The van der Waals surface area contributed by atoms with Crippen LogP contribution in [0.5, 0.6) is 11.5 Å². The lowest BCUT2D eigenvalue weighted by Gasteiger charge is -2.26. The minimum absolute atomic E-state index is 0.0646. The van der Waals surface area contributed by atoms with Crippen LogP contribution < -0.4 is 15.2 Å². The van der Waals surface area contributed by atoms with Crippen LogP contribution in [0, 0.1) is 6.92 Å². The highest BCUT2D eigenvalue weighted by Gasteiger charge is 2.21. The Kier molecular flexibility index (Phi) is 3.42. The zero-order valence-corrected chi connectivity index (χ0v) is 13.4. The van der Waals surface area contributed by atoms with Gasteiger partial charge in [0.1, 0.15) is 12.3 Å². The number of ether oxygens (including phenoxy) is 2. The molecule has 2 aromatic heterocycles. The van der Waals surface area contributed by atoms with Gasteiger partial charge < -0.3 is 15.2 Å². The van der Waals surface area contributed by atoms with Crippen LogP contribution in [0.15, 0.2) is 36.5 Å². The Morgan fingerprint density at radius 3 is 2.91 bits per heavy atom. The molecule has 7 heteroatoms. The Bertz CT molecular complexity index is 842. The van der Waals surface area contributed by atoms with Crippen molar-refractivity contribution in [2.24, 2.45) is 0 Å². The zero-order valence-electron chi connectivity index (χ0n) is 12.6. The van der Waals surface area contributed by atoms with Crippen LogP contribution >= 0.6 is 11.3 Å². The quantitative estimate of drug-likeness (QED) is 0.800. The number of fused-ring (bicyclic) bond motifs is 1. The third-order valence-corrected chi connectivity index (χ3v) is 4.65. The van der Waals surface area contributed by atoms with Crippen LogP contribution in [-0.4, -0.2) is 27.5 Å². The number of nitrogens with zero attached hydrogens (tertiary/aromatic N) is 3. The van der Waals surface area contributed by atoms with E-state index in [1.807, 2.05) is 48.1 Å². The monoisotopic (exact) mass is 328 g/mol. The van der Waals surface area contributed by atoms with Gasteiger partial charge in [-0.2, -0.15) is 5.10 Å². The lowest BCUT2D eigenvalue weighted by Crippen LogP contribution is -2.33. The van der Waals surface area contributed by atoms with E-state index in [9.17, 15) is 0 Å². The van der Waals surface area contributed by atoms with Gasteiger partial charge in [-0.15, -0.1) is 0 Å². The van der Waals surface area contributed by atoms with Gasteiger partial charge in [-0.1, -0.05) is 23.5 Å². The van der Waals surface area contributed by atoms with Crippen molar-refractivity contribution in [1.29, 1.82) is 0 Å². The van der Waals surface area contributed by atoms with Crippen molar-refractivity contribution in [2.45, 2.75) is 19.6 Å². The number of aryl methyl sites for hydroxylation is 1. The van der Waals surface area contributed by atoms with E-state index in [0.717, 1.165) is 27.8 Å². The molecule has 118 valence electrons. The molecule has 1 aromatic carbocycles. The standard InChI is InChI=1S/C16H16N4O2S/c1-10-15(23-16(17)18-10)12-6-7-20(19-12)8-11-9-21-13-4-2-3-5-14(13)22-11/h2-7,11H,8-9H2,1H3,(H2,17,18)/t11-/m0/s1. The first-order valence-electron chi connectivity index (χ1n) is 7.34. The van der Waals surface area contributed by atoms with Crippen molar-refractivity contribution < 1.29 is 9.47 Å². The Labute approximate surface area is 137 Å². The van der Waals surface area contributed by atoms with Crippen LogP contribution in [-0.2, 0) is 6.54 Å². The van der Waals surface area contributed by atoms with Gasteiger partial charge >= 0.3 is 0 Å². The molecule has 3 heterocycles. The summed E-state index contributed by atoms with van der Waals surface area (Å²) in [7, 11) is 0. The maximum Gasteiger partial charge on any atom is 0.180 e. The van der Waals surface area contributed by atoms with Crippen molar-refractivity contribution in [3.05, 3.63) is 42.2 Å². The summed E-state index contributed by atoms with van der Waals surface area (Å²) in [5, 5.41) is 5.16. The Balaban J connectivity index is 1.50. The van der Waals surface area contributed by atoms with Gasteiger partial charge in [0, 0.05) is 6.20 Å². The Morgan fingerprint density at radius 1 is 1.30 bits per heavy atom. The van der Waals surface area contributed by atoms with Gasteiger partial charge in [0.2, 0.25) is 0 Å². The fraction of sp³-hybridized carbons (Fsp3) is 0.250. The summed E-state index contributed by atoms with van der Waals surface area (Å²) in [6.45, 7) is 3.08. The molecule has 6 nitrogen and oxygen atoms in total. The van der Waals surface area contributed by atoms with E-state index in [0.29, 0.717) is 18.3 Å². The van der Waals surface area contributed by atoms with Gasteiger partial charge in [-0.25, -0.2) is 4.98 Å². The maximum absolute atomic E-state index is 5.96. The fourth-order valence-corrected chi connectivity index (χ4v) is 3.40. The third-order valence-electron chi connectivity index (χ3n) is 3.64. The lowest BCUT2D eigenvalue weighted by atomic mass is 10.2. The van der Waals surface area contributed by atoms with Crippen molar-refractivity contribution in [3.8, 4) is 22.1 Å². The largest absolute Gasteiger partial charge is 0.486 e. The van der Waals surface area contributed by atoms with Gasteiger partial charge in [0.05, 0.1) is 17.1 Å². The Morgan fingerprint density at radius 2 is 2.13 bits per heavy atom. The molecule has 3 aromatic rings. The first kappa shape index (κ1) is 14.1. The van der Waals surface area contributed by atoms with Gasteiger partial charge in [-0.3, -0.25) is 4.68 Å². The molecule has 1 aliphatic heterocycles. The van der Waals surface area contributed by atoms with Crippen LogP contribution in [0.1, 0.15) is 5.69 Å². The SMILES string of the molecule is Cc1nc(N)sc1-c1ccn(C[C@H]2COc3ccccc3O2)n1. The lowest BCUT2D eigenvalue weighted by molar-refractivity contribution is 0.0759. The number of anilines is 1. The van der Waals surface area contributed by atoms with Crippen LogP contribution in [0.25, 0.3) is 10.6 Å². The number of aromatic nitrogens is 3. The number of thiazole rings is 1.